The first kappa shape index (κ1) is 14.2. The van der Waals surface area contributed by atoms with Crippen LogP contribution in [-0.2, 0) is 6.54 Å². The lowest BCUT2D eigenvalue weighted by Crippen LogP contribution is -2.33. The number of nitriles is 1. The predicted octanol–water partition coefficient (Wildman–Crippen LogP) is 2.96. The van der Waals surface area contributed by atoms with Crippen molar-refractivity contribution in [3.8, 4) is 11.8 Å². The third kappa shape index (κ3) is 4.15. The molecule has 19 heavy (non-hydrogen) atoms. The van der Waals surface area contributed by atoms with E-state index < -0.39 is 0 Å². The molecule has 0 aromatic heterocycles. The fraction of sp³-hybridized carbons (Fsp3) is 0.533. The lowest BCUT2D eigenvalue weighted by atomic mass is 10.2. The van der Waals surface area contributed by atoms with Gasteiger partial charge in [0.05, 0.1) is 0 Å². The van der Waals surface area contributed by atoms with E-state index in [2.05, 4.69) is 17.6 Å². The van der Waals surface area contributed by atoms with Crippen LogP contribution in [0.4, 0.5) is 0 Å². The number of ether oxygens (including phenoxy) is 1. The summed E-state index contributed by atoms with van der Waals surface area (Å²) in [6, 6.07) is 10.6. The minimum atomic E-state index is 0.105. The summed E-state index contributed by atoms with van der Waals surface area (Å²) < 4.78 is 5.32. The molecular weight excluding hydrogens is 256 g/mol. The maximum absolute atomic E-state index is 8.51. The molecule has 0 heterocycles. The summed E-state index contributed by atoms with van der Waals surface area (Å²) in [5, 5.41) is 12.9. The molecule has 4 heteroatoms. The molecule has 1 aliphatic carbocycles. The average Bonchev–Trinajstić information content (AvgIpc) is 2.91. The molecule has 0 spiro atoms. The Kier molecular flexibility index (Phi) is 5.56. The molecule has 1 aromatic carbocycles. The molecule has 1 aliphatic rings. The predicted molar refractivity (Wildman–Crippen MR) is 79.3 cm³/mol. The lowest BCUT2D eigenvalue weighted by molar-refractivity contribution is 0.367. The third-order valence-electron chi connectivity index (χ3n) is 3.53. The van der Waals surface area contributed by atoms with E-state index in [1.807, 2.05) is 36.0 Å². The molecule has 1 fully saturated rings. The number of hydrogen-bond acceptors (Lipinski definition) is 4. The van der Waals surface area contributed by atoms with E-state index in [0.717, 1.165) is 17.5 Å². The van der Waals surface area contributed by atoms with Gasteiger partial charge >= 0.3 is 0 Å². The van der Waals surface area contributed by atoms with Crippen LogP contribution in [0, 0.1) is 11.3 Å². The van der Waals surface area contributed by atoms with Crippen molar-refractivity contribution in [2.75, 3.05) is 12.9 Å². The van der Waals surface area contributed by atoms with Gasteiger partial charge in [-0.2, -0.15) is 17.0 Å². The van der Waals surface area contributed by atoms with Gasteiger partial charge in [0.25, 0.3) is 0 Å². The number of benzene rings is 1. The molecule has 0 amide bonds. The second-order valence-electron chi connectivity index (χ2n) is 4.79. The summed E-state index contributed by atoms with van der Waals surface area (Å²) in [5.74, 6) is 0.772. The monoisotopic (exact) mass is 276 g/mol. The van der Waals surface area contributed by atoms with Crippen molar-refractivity contribution >= 4 is 11.8 Å². The molecule has 2 unspecified atom stereocenters. The largest absolute Gasteiger partial charge is 0.479 e. The molecule has 2 rings (SSSR count). The summed E-state index contributed by atoms with van der Waals surface area (Å²) in [4.78, 5) is 0. The molecule has 3 nitrogen and oxygen atoms in total. The van der Waals surface area contributed by atoms with E-state index in [1.165, 1.54) is 24.8 Å². The SMILES string of the molecule is CSC1CCCC1NCc1cccc(OCC#N)c1. The number of hydrogen-bond donors (Lipinski definition) is 1. The van der Waals surface area contributed by atoms with E-state index in [4.69, 9.17) is 10.00 Å². The number of nitrogens with one attached hydrogen (secondary N) is 1. The van der Waals surface area contributed by atoms with E-state index in [9.17, 15) is 0 Å². The smallest absolute Gasteiger partial charge is 0.174 e. The van der Waals surface area contributed by atoms with Gasteiger partial charge in [0.15, 0.2) is 6.61 Å². The Morgan fingerprint density at radius 3 is 3.16 bits per heavy atom. The summed E-state index contributed by atoms with van der Waals surface area (Å²) in [6.45, 7) is 0.972. The summed E-state index contributed by atoms with van der Waals surface area (Å²) in [5.41, 5.74) is 1.21. The van der Waals surface area contributed by atoms with Crippen molar-refractivity contribution in [2.24, 2.45) is 0 Å². The summed E-state index contributed by atoms with van der Waals surface area (Å²) >= 11 is 1.97. The molecule has 0 radical (unpaired) electrons. The first-order chi connectivity index (χ1) is 9.33. The molecule has 0 aliphatic heterocycles. The summed E-state index contributed by atoms with van der Waals surface area (Å²) in [6.07, 6.45) is 6.12. The van der Waals surface area contributed by atoms with Gasteiger partial charge in [-0.15, -0.1) is 0 Å². The van der Waals surface area contributed by atoms with Crippen LogP contribution in [0.1, 0.15) is 24.8 Å². The fourth-order valence-electron chi connectivity index (χ4n) is 2.55. The van der Waals surface area contributed by atoms with Crippen LogP contribution in [0.25, 0.3) is 0 Å². The Balaban J connectivity index is 1.87. The highest BCUT2D eigenvalue weighted by atomic mass is 32.2. The maximum atomic E-state index is 8.51. The standard InChI is InChI=1S/C15H20N2OS/c1-19-15-7-3-6-14(15)17-11-12-4-2-5-13(10-12)18-9-8-16/h2,4-5,10,14-15,17H,3,6-7,9,11H2,1H3. The van der Waals surface area contributed by atoms with Gasteiger partial charge in [0, 0.05) is 17.8 Å². The van der Waals surface area contributed by atoms with Crippen LogP contribution in [-0.4, -0.2) is 24.2 Å². The van der Waals surface area contributed by atoms with Gasteiger partial charge in [-0.05, 0) is 36.8 Å². The Labute approximate surface area is 119 Å². The second-order valence-corrected chi connectivity index (χ2v) is 5.86. The highest BCUT2D eigenvalue weighted by molar-refractivity contribution is 7.99. The van der Waals surface area contributed by atoms with Crippen LogP contribution < -0.4 is 10.1 Å². The highest BCUT2D eigenvalue weighted by Gasteiger charge is 2.25. The Hall–Kier alpha value is -1.18. The van der Waals surface area contributed by atoms with Crippen molar-refractivity contribution in [1.82, 2.24) is 5.32 Å². The maximum Gasteiger partial charge on any atom is 0.174 e. The van der Waals surface area contributed by atoms with E-state index >= 15 is 0 Å². The molecule has 1 saturated carbocycles. The molecule has 2 atom stereocenters. The lowest BCUT2D eigenvalue weighted by Gasteiger charge is -2.19. The van der Waals surface area contributed by atoms with E-state index in [0.29, 0.717) is 6.04 Å². The molecule has 0 saturated heterocycles. The minimum Gasteiger partial charge on any atom is -0.479 e. The van der Waals surface area contributed by atoms with E-state index in [1.54, 1.807) is 0 Å². The minimum absolute atomic E-state index is 0.105. The van der Waals surface area contributed by atoms with Crippen molar-refractivity contribution in [2.45, 2.75) is 37.1 Å². The Morgan fingerprint density at radius 1 is 1.47 bits per heavy atom. The normalized spacial score (nSPS) is 22.1. The van der Waals surface area contributed by atoms with Crippen molar-refractivity contribution in [3.63, 3.8) is 0 Å². The number of nitrogens with zero attached hydrogens (tertiary/aromatic N) is 1. The first-order valence-electron chi connectivity index (χ1n) is 6.68. The molecule has 1 N–H and O–H groups in total. The van der Waals surface area contributed by atoms with Gasteiger partial charge in [-0.3, -0.25) is 0 Å². The zero-order valence-corrected chi connectivity index (χ0v) is 12.1. The van der Waals surface area contributed by atoms with Crippen LogP contribution >= 0.6 is 11.8 Å². The molecular formula is C15H20N2OS. The average molecular weight is 276 g/mol. The molecule has 102 valence electrons. The van der Waals surface area contributed by atoms with Gasteiger partial charge in [-0.25, -0.2) is 0 Å². The van der Waals surface area contributed by atoms with Gasteiger partial charge in [0.2, 0.25) is 0 Å². The zero-order chi connectivity index (χ0) is 13.5. The molecule has 1 aromatic rings. The van der Waals surface area contributed by atoms with Crippen LogP contribution in [0.15, 0.2) is 24.3 Å². The third-order valence-corrected chi connectivity index (χ3v) is 4.70. The zero-order valence-electron chi connectivity index (χ0n) is 11.3. The summed E-state index contributed by atoms with van der Waals surface area (Å²) in [7, 11) is 0. The molecule has 0 bridgehead atoms. The Morgan fingerprint density at radius 2 is 2.37 bits per heavy atom. The van der Waals surface area contributed by atoms with Crippen LogP contribution in [0.2, 0.25) is 0 Å². The number of thioether (sulfide) groups is 1. The first-order valence-corrected chi connectivity index (χ1v) is 7.97. The second kappa shape index (κ2) is 7.42. The van der Waals surface area contributed by atoms with Gasteiger partial charge in [0.1, 0.15) is 11.8 Å². The van der Waals surface area contributed by atoms with Crippen molar-refractivity contribution in [3.05, 3.63) is 29.8 Å². The Bertz CT molecular complexity index is 444. The van der Waals surface area contributed by atoms with Crippen molar-refractivity contribution < 1.29 is 4.74 Å². The van der Waals surface area contributed by atoms with Crippen LogP contribution in [0.3, 0.4) is 0 Å². The van der Waals surface area contributed by atoms with Gasteiger partial charge < -0.3 is 10.1 Å². The topological polar surface area (TPSA) is 45.0 Å². The quantitative estimate of drug-likeness (QED) is 0.867. The van der Waals surface area contributed by atoms with Crippen LogP contribution in [0.5, 0.6) is 5.75 Å². The van der Waals surface area contributed by atoms with Gasteiger partial charge in [-0.1, -0.05) is 18.6 Å². The van der Waals surface area contributed by atoms with E-state index in [-0.39, 0.29) is 6.61 Å². The number of rotatable bonds is 6. The van der Waals surface area contributed by atoms with Crippen molar-refractivity contribution in [1.29, 1.82) is 5.26 Å². The highest BCUT2D eigenvalue weighted by Crippen LogP contribution is 2.28. The fourth-order valence-corrected chi connectivity index (χ4v) is 3.51.